The lowest BCUT2D eigenvalue weighted by molar-refractivity contribution is 0.459. The van der Waals surface area contributed by atoms with Crippen LogP contribution in [-0.4, -0.2) is 9.97 Å². The highest BCUT2D eigenvalue weighted by Crippen LogP contribution is 2.23. The molecule has 0 aliphatic carbocycles. The highest BCUT2D eigenvalue weighted by atomic mass is 35.5. The molecule has 16 heavy (non-hydrogen) atoms. The number of nitrogens with zero attached hydrogens (tertiary/aromatic N) is 3. The molecule has 0 aliphatic rings. The molecule has 4 nitrogen and oxygen atoms in total. The molecule has 1 aromatic carbocycles. The average Bonchev–Trinajstić information content (AvgIpc) is 2.30. The maximum absolute atomic E-state index is 8.86. The van der Waals surface area contributed by atoms with Crippen molar-refractivity contribution in [3.8, 4) is 17.7 Å². The number of hydrogen-bond acceptors (Lipinski definition) is 4. The van der Waals surface area contributed by atoms with Crippen molar-refractivity contribution in [2.75, 3.05) is 0 Å². The van der Waals surface area contributed by atoms with Crippen LogP contribution >= 0.6 is 11.6 Å². The second-order valence-corrected chi connectivity index (χ2v) is 3.28. The van der Waals surface area contributed by atoms with Gasteiger partial charge >= 0.3 is 0 Å². The van der Waals surface area contributed by atoms with Crippen LogP contribution in [0.3, 0.4) is 0 Å². The van der Waals surface area contributed by atoms with Crippen LogP contribution in [0.2, 0.25) is 5.15 Å². The van der Waals surface area contributed by atoms with Crippen LogP contribution in [0.15, 0.2) is 36.7 Å². The van der Waals surface area contributed by atoms with Crippen molar-refractivity contribution in [1.29, 1.82) is 5.26 Å². The van der Waals surface area contributed by atoms with Gasteiger partial charge in [0.25, 0.3) is 0 Å². The molecular formula is C11H6ClN3O. The zero-order chi connectivity index (χ0) is 11.4. The fourth-order valence-corrected chi connectivity index (χ4v) is 1.28. The maximum atomic E-state index is 8.86. The Morgan fingerprint density at radius 1 is 1.25 bits per heavy atom. The first-order chi connectivity index (χ1) is 7.79. The van der Waals surface area contributed by atoms with E-state index in [2.05, 4.69) is 9.97 Å². The molecule has 0 bridgehead atoms. The van der Waals surface area contributed by atoms with Crippen molar-refractivity contribution in [3.63, 3.8) is 0 Å². The summed E-state index contributed by atoms with van der Waals surface area (Å²) in [5.74, 6) is 0.691. The Bertz CT molecular complexity index is 551. The third-order valence-corrected chi connectivity index (χ3v) is 1.99. The van der Waals surface area contributed by atoms with Crippen molar-refractivity contribution in [2.24, 2.45) is 0 Å². The van der Waals surface area contributed by atoms with E-state index in [4.69, 9.17) is 21.6 Å². The summed E-state index contributed by atoms with van der Waals surface area (Å²) in [6.07, 6.45) is 2.84. The Hall–Kier alpha value is -2.12. The van der Waals surface area contributed by atoms with E-state index in [9.17, 15) is 0 Å². The van der Waals surface area contributed by atoms with E-state index in [1.54, 1.807) is 24.3 Å². The molecule has 2 aromatic rings. The summed E-state index contributed by atoms with van der Waals surface area (Å²) in [6, 6.07) is 8.90. The standard InChI is InChI=1S/C11H6ClN3O/c12-10-6-14-7-11(15-10)16-9-4-2-1-3-8(9)5-13/h1-4,6-7H. The van der Waals surface area contributed by atoms with Gasteiger partial charge in [0.1, 0.15) is 11.8 Å². The maximum Gasteiger partial charge on any atom is 0.239 e. The van der Waals surface area contributed by atoms with E-state index < -0.39 is 0 Å². The monoisotopic (exact) mass is 231 g/mol. The van der Waals surface area contributed by atoms with Crippen LogP contribution in [0.5, 0.6) is 11.6 Å². The Labute approximate surface area is 97.1 Å². The van der Waals surface area contributed by atoms with Crippen LogP contribution < -0.4 is 4.74 Å². The van der Waals surface area contributed by atoms with Gasteiger partial charge in [-0.2, -0.15) is 10.2 Å². The zero-order valence-electron chi connectivity index (χ0n) is 8.09. The van der Waals surface area contributed by atoms with Gasteiger partial charge in [0.2, 0.25) is 5.88 Å². The highest BCUT2D eigenvalue weighted by Gasteiger charge is 2.04. The molecule has 0 saturated heterocycles. The summed E-state index contributed by atoms with van der Waals surface area (Å²) in [6.45, 7) is 0. The number of hydrogen-bond donors (Lipinski definition) is 0. The first kappa shape index (κ1) is 10.4. The second-order valence-electron chi connectivity index (χ2n) is 2.89. The van der Waals surface area contributed by atoms with Crippen molar-refractivity contribution >= 4 is 11.6 Å². The molecule has 0 saturated carbocycles. The van der Waals surface area contributed by atoms with Crippen molar-refractivity contribution in [2.45, 2.75) is 0 Å². The molecule has 2 rings (SSSR count). The zero-order valence-corrected chi connectivity index (χ0v) is 8.85. The summed E-state index contributed by atoms with van der Waals surface area (Å²) in [7, 11) is 0. The smallest absolute Gasteiger partial charge is 0.239 e. The van der Waals surface area contributed by atoms with Gasteiger partial charge in [-0.25, -0.2) is 0 Å². The molecule has 0 atom stereocenters. The first-order valence-corrected chi connectivity index (χ1v) is 4.82. The average molecular weight is 232 g/mol. The number of nitriles is 1. The van der Waals surface area contributed by atoms with E-state index in [0.29, 0.717) is 11.3 Å². The predicted molar refractivity (Wildman–Crippen MR) is 58.3 cm³/mol. The minimum absolute atomic E-state index is 0.243. The van der Waals surface area contributed by atoms with Crippen molar-refractivity contribution < 1.29 is 4.74 Å². The topological polar surface area (TPSA) is 58.8 Å². The molecule has 0 radical (unpaired) electrons. The van der Waals surface area contributed by atoms with Gasteiger partial charge in [-0.15, -0.1) is 0 Å². The number of rotatable bonds is 2. The fourth-order valence-electron chi connectivity index (χ4n) is 1.14. The van der Waals surface area contributed by atoms with Gasteiger partial charge in [-0.1, -0.05) is 23.7 Å². The summed E-state index contributed by atoms with van der Waals surface area (Å²) in [5, 5.41) is 9.10. The van der Waals surface area contributed by atoms with E-state index in [0.717, 1.165) is 0 Å². The van der Waals surface area contributed by atoms with Gasteiger partial charge in [0.15, 0.2) is 5.15 Å². The van der Waals surface area contributed by atoms with E-state index in [1.807, 2.05) is 6.07 Å². The third-order valence-electron chi connectivity index (χ3n) is 1.81. The summed E-state index contributed by atoms with van der Waals surface area (Å²) >= 11 is 5.67. The normalized spacial score (nSPS) is 9.50. The van der Waals surface area contributed by atoms with E-state index >= 15 is 0 Å². The number of para-hydroxylation sites is 1. The van der Waals surface area contributed by atoms with Crippen LogP contribution in [0.1, 0.15) is 5.56 Å². The molecule has 1 heterocycles. The van der Waals surface area contributed by atoms with Crippen LogP contribution in [0.25, 0.3) is 0 Å². The van der Waals surface area contributed by atoms with Gasteiger partial charge in [0.05, 0.1) is 18.0 Å². The number of benzene rings is 1. The van der Waals surface area contributed by atoms with Gasteiger partial charge in [0, 0.05) is 0 Å². The van der Waals surface area contributed by atoms with E-state index in [-0.39, 0.29) is 11.0 Å². The third kappa shape index (κ3) is 2.27. The van der Waals surface area contributed by atoms with Crippen molar-refractivity contribution in [3.05, 3.63) is 47.4 Å². The lowest BCUT2D eigenvalue weighted by Crippen LogP contribution is -1.91. The molecule has 0 amide bonds. The lowest BCUT2D eigenvalue weighted by Gasteiger charge is -2.05. The molecular weight excluding hydrogens is 226 g/mol. The second kappa shape index (κ2) is 4.60. The molecule has 78 valence electrons. The fraction of sp³-hybridized carbons (Fsp3) is 0. The van der Waals surface area contributed by atoms with Crippen LogP contribution in [0, 0.1) is 11.3 Å². The number of ether oxygens (including phenoxy) is 1. The minimum atomic E-state index is 0.243. The first-order valence-electron chi connectivity index (χ1n) is 4.44. The quantitative estimate of drug-likeness (QED) is 0.797. The summed E-state index contributed by atoms with van der Waals surface area (Å²) < 4.78 is 5.40. The van der Waals surface area contributed by atoms with Gasteiger partial charge < -0.3 is 4.74 Å². The summed E-state index contributed by atoms with van der Waals surface area (Å²) in [5.41, 5.74) is 0.435. The molecule has 1 aromatic heterocycles. The molecule has 0 aliphatic heterocycles. The Morgan fingerprint density at radius 2 is 2.06 bits per heavy atom. The molecule has 0 unspecified atom stereocenters. The number of halogens is 1. The highest BCUT2D eigenvalue weighted by molar-refractivity contribution is 6.29. The molecule has 0 N–H and O–H groups in total. The Kier molecular flexibility index (Phi) is 2.99. The van der Waals surface area contributed by atoms with Crippen molar-refractivity contribution in [1.82, 2.24) is 9.97 Å². The SMILES string of the molecule is N#Cc1ccccc1Oc1cncc(Cl)n1. The largest absolute Gasteiger partial charge is 0.436 e. The Balaban J connectivity index is 2.31. The minimum Gasteiger partial charge on any atom is -0.436 e. The number of aromatic nitrogens is 2. The van der Waals surface area contributed by atoms with E-state index in [1.165, 1.54) is 12.4 Å². The Morgan fingerprint density at radius 3 is 2.81 bits per heavy atom. The van der Waals surface area contributed by atoms with Crippen LogP contribution in [-0.2, 0) is 0 Å². The lowest BCUT2D eigenvalue weighted by atomic mass is 10.2. The summed E-state index contributed by atoms with van der Waals surface area (Å²) in [4.78, 5) is 7.75. The molecule has 0 fully saturated rings. The molecule has 0 spiro atoms. The van der Waals surface area contributed by atoms with Gasteiger partial charge in [-0.05, 0) is 12.1 Å². The predicted octanol–water partition coefficient (Wildman–Crippen LogP) is 2.79. The van der Waals surface area contributed by atoms with Gasteiger partial charge in [-0.3, -0.25) is 4.98 Å². The van der Waals surface area contributed by atoms with Crippen LogP contribution in [0.4, 0.5) is 0 Å². The molecule has 5 heteroatoms.